The lowest BCUT2D eigenvalue weighted by Gasteiger charge is -2.02. The molecule has 0 aliphatic carbocycles. The molecule has 2 heterocycles. The van der Waals surface area contributed by atoms with E-state index in [4.69, 9.17) is 9.63 Å². The molecule has 0 radical (unpaired) electrons. The van der Waals surface area contributed by atoms with E-state index >= 15 is 0 Å². The molecule has 0 amide bonds. The summed E-state index contributed by atoms with van der Waals surface area (Å²) in [6, 6.07) is 16.9. The second-order valence-electron chi connectivity index (χ2n) is 4.91. The molecule has 1 N–H and O–H groups in total. The van der Waals surface area contributed by atoms with E-state index in [9.17, 15) is 4.79 Å². The molecule has 0 unspecified atom stereocenters. The number of thiazole rings is 1. The van der Waals surface area contributed by atoms with Gasteiger partial charge in [0.1, 0.15) is 5.01 Å². The van der Waals surface area contributed by atoms with Gasteiger partial charge in [-0.3, -0.25) is 0 Å². The molecule has 0 saturated heterocycles. The number of hydrogen-bond donors (Lipinski definition) is 1. The molecule has 4 aromatic rings. The Hall–Kier alpha value is -2.99. The zero-order chi connectivity index (χ0) is 15.8. The third-order valence-electron chi connectivity index (χ3n) is 3.45. The Morgan fingerprint density at radius 3 is 2.52 bits per heavy atom. The first-order valence-corrected chi connectivity index (χ1v) is 7.69. The summed E-state index contributed by atoms with van der Waals surface area (Å²) in [5.41, 5.74) is 2.48. The Morgan fingerprint density at radius 2 is 1.78 bits per heavy atom. The molecule has 4 rings (SSSR count). The number of fused-ring (bicyclic) bond motifs is 1. The quantitative estimate of drug-likeness (QED) is 0.608. The number of carboxylic acid groups (broad SMARTS) is 1. The van der Waals surface area contributed by atoms with E-state index in [1.165, 1.54) is 6.07 Å². The summed E-state index contributed by atoms with van der Waals surface area (Å²) in [5, 5.41) is 13.4. The smallest absolute Gasteiger partial charge is 0.358 e. The van der Waals surface area contributed by atoms with Gasteiger partial charge >= 0.3 is 5.97 Å². The highest BCUT2D eigenvalue weighted by Crippen LogP contribution is 2.36. The fourth-order valence-electron chi connectivity index (χ4n) is 2.37. The summed E-state index contributed by atoms with van der Waals surface area (Å²) >= 11 is 1.58. The Balaban J connectivity index is 1.87. The van der Waals surface area contributed by atoms with Crippen molar-refractivity contribution in [3.05, 3.63) is 60.3 Å². The van der Waals surface area contributed by atoms with Gasteiger partial charge in [-0.05, 0) is 12.1 Å². The largest absolute Gasteiger partial charge is 0.476 e. The highest BCUT2D eigenvalue weighted by molar-refractivity contribution is 7.21. The number of carbonyl (C=O) groups is 1. The van der Waals surface area contributed by atoms with Gasteiger partial charge in [-0.15, -0.1) is 11.3 Å². The minimum absolute atomic E-state index is 0.112. The van der Waals surface area contributed by atoms with E-state index in [-0.39, 0.29) is 5.69 Å². The Kier molecular flexibility index (Phi) is 3.17. The van der Waals surface area contributed by atoms with Crippen molar-refractivity contribution < 1.29 is 14.4 Å². The normalized spacial score (nSPS) is 11.0. The number of aromatic carboxylic acids is 1. The summed E-state index contributed by atoms with van der Waals surface area (Å²) < 4.78 is 6.29. The number of aromatic nitrogens is 2. The average Bonchev–Trinajstić information content (AvgIpc) is 3.22. The van der Waals surface area contributed by atoms with E-state index in [2.05, 4.69) is 10.1 Å². The van der Waals surface area contributed by atoms with Gasteiger partial charge in [0.05, 0.1) is 10.2 Å². The van der Waals surface area contributed by atoms with Crippen molar-refractivity contribution in [3.63, 3.8) is 0 Å². The predicted molar refractivity (Wildman–Crippen MR) is 87.5 cm³/mol. The molecule has 6 heteroatoms. The molecular formula is C17H10N2O3S. The molecule has 2 aromatic heterocycles. The molecule has 23 heavy (non-hydrogen) atoms. The van der Waals surface area contributed by atoms with Crippen LogP contribution in [0.3, 0.4) is 0 Å². The molecular weight excluding hydrogens is 312 g/mol. The SMILES string of the molecule is O=C(O)c1cc(-c2ccccc2-c2nc3ccccc3s2)on1. The van der Waals surface area contributed by atoms with Crippen molar-refractivity contribution in [1.82, 2.24) is 10.1 Å². The van der Waals surface area contributed by atoms with Crippen LogP contribution in [0.15, 0.2) is 59.1 Å². The molecule has 112 valence electrons. The molecule has 0 atom stereocenters. The zero-order valence-corrected chi connectivity index (χ0v) is 12.6. The van der Waals surface area contributed by atoms with Crippen LogP contribution in [0.1, 0.15) is 10.5 Å². The minimum atomic E-state index is -1.11. The van der Waals surface area contributed by atoms with E-state index in [0.29, 0.717) is 5.76 Å². The van der Waals surface area contributed by atoms with E-state index < -0.39 is 5.97 Å². The average molecular weight is 322 g/mol. The maximum Gasteiger partial charge on any atom is 0.358 e. The van der Waals surface area contributed by atoms with Gasteiger partial charge in [-0.2, -0.15) is 0 Å². The number of hydrogen-bond acceptors (Lipinski definition) is 5. The highest BCUT2D eigenvalue weighted by atomic mass is 32.1. The Morgan fingerprint density at radius 1 is 1.04 bits per heavy atom. The van der Waals surface area contributed by atoms with Crippen molar-refractivity contribution in [2.75, 3.05) is 0 Å². The van der Waals surface area contributed by atoms with Crippen LogP contribution in [0.2, 0.25) is 0 Å². The summed E-state index contributed by atoms with van der Waals surface area (Å²) in [6.07, 6.45) is 0. The first-order chi connectivity index (χ1) is 11.2. The van der Waals surface area contributed by atoms with Crippen LogP contribution in [0.5, 0.6) is 0 Å². The third kappa shape index (κ3) is 2.39. The van der Waals surface area contributed by atoms with Crippen molar-refractivity contribution in [2.24, 2.45) is 0 Å². The van der Waals surface area contributed by atoms with Crippen molar-refractivity contribution >= 4 is 27.5 Å². The van der Waals surface area contributed by atoms with Gasteiger partial charge in [-0.1, -0.05) is 41.6 Å². The molecule has 0 fully saturated rings. The van der Waals surface area contributed by atoms with Crippen molar-refractivity contribution in [1.29, 1.82) is 0 Å². The van der Waals surface area contributed by atoms with Crippen molar-refractivity contribution in [2.45, 2.75) is 0 Å². The summed E-state index contributed by atoms with van der Waals surface area (Å²) in [4.78, 5) is 15.6. The first kappa shape index (κ1) is 13.7. The lowest BCUT2D eigenvalue weighted by molar-refractivity contribution is 0.0686. The first-order valence-electron chi connectivity index (χ1n) is 6.88. The van der Waals surface area contributed by atoms with Crippen LogP contribution < -0.4 is 0 Å². The molecule has 0 spiro atoms. The lowest BCUT2D eigenvalue weighted by Crippen LogP contribution is -1.94. The number of para-hydroxylation sites is 1. The van der Waals surface area contributed by atoms with Crippen LogP contribution >= 0.6 is 11.3 Å². The second kappa shape index (κ2) is 5.33. The fourth-order valence-corrected chi connectivity index (χ4v) is 3.38. The lowest BCUT2D eigenvalue weighted by atomic mass is 10.1. The van der Waals surface area contributed by atoms with Gasteiger partial charge in [-0.25, -0.2) is 9.78 Å². The summed E-state index contributed by atoms with van der Waals surface area (Å²) in [5.74, 6) is -0.699. The summed E-state index contributed by atoms with van der Waals surface area (Å²) in [6.45, 7) is 0. The zero-order valence-electron chi connectivity index (χ0n) is 11.8. The van der Waals surface area contributed by atoms with Gasteiger partial charge in [0.15, 0.2) is 11.5 Å². The van der Waals surface area contributed by atoms with E-state index in [1.54, 1.807) is 11.3 Å². The van der Waals surface area contributed by atoms with E-state index in [0.717, 1.165) is 26.4 Å². The molecule has 0 aliphatic heterocycles. The van der Waals surface area contributed by atoms with Crippen LogP contribution in [0, 0.1) is 0 Å². The molecule has 2 aromatic carbocycles. The monoisotopic (exact) mass is 322 g/mol. The molecule has 5 nitrogen and oxygen atoms in total. The van der Waals surface area contributed by atoms with Gasteiger partial charge in [0.2, 0.25) is 0 Å². The van der Waals surface area contributed by atoms with Crippen LogP contribution in [-0.4, -0.2) is 21.2 Å². The Bertz CT molecular complexity index is 986. The molecule has 0 saturated carbocycles. The van der Waals surface area contributed by atoms with Crippen molar-refractivity contribution in [3.8, 4) is 21.9 Å². The topological polar surface area (TPSA) is 76.2 Å². The second-order valence-corrected chi connectivity index (χ2v) is 5.94. The van der Waals surface area contributed by atoms with Gasteiger partial charge < -0.3 is 9.63 Å². The minimum Gasteiger partial charge on any atom is -0.476 e. The van der Waals surface area contributed by atoms with Crippen LogP contribution in [-0.2, 0) is 0 Å². The van der Waals surface area contributed by atoms with Crippen LogP contribution in [0.4, 0.5) is 0 Å². The Labute approximate surface area is 134 Å². The van der Waals surface area contributed by atoms with E-state index in [1.807, 2.05) is 48.5 Å². The highest BCUT2D eigenvalue weighted by Gasteiger charge is 2.17. The van der Waals surface area contributed by atoms with Gasteiger partial charge in [0, 0.05) is 17.2 Å². The number of nitrogens with zero attached hydrogens (tertiary/aromatic N) is 2. The number of carboxylic acids is 1. The fraction of sp³-hybridized carbons (Fsp3) is 0. The molecule has 0 bridgehead atoms. The van der Waals surface area contributed by atoms with Gasteiger partial charge in [0.25, 0.3) is 0 Å². The number of rotatable bonds is 3. The number of benzene rings is 2. The van der Waals surface area contributed by atoms with Crippen LogP contribution in [0.25, 0.3) is 32.1 Å². The third-order valence-corrected chi connectivity index (χ3v) is 4.52. The maximum absolute atomic E-state index is 11.0. The maximum atomic E-state index is 11.0. The molecule has 0 aliphatic rings. The standard InChI is InChI=1S/C17H10N2O3S/c20-17(21)13-9-14(22-19-13)10-5-1-2-6-11(10)16-18-12-7-3-4-8-15(12)23-16/h1-9H,(H,20,21). The summed E-state index contributed by atoms with van der Waals surface area (Å²) in [7, 11) is 0. The predicted octanol–water partition coefficient (Wildman–Crippen LogP) is 4.32.